The van der Waals surface area contributed by atoms with E-state index < -0.39 is 0 Å². The lowest BCUT2D eigenvalue weighted by Crippen LogP contribution is -2.47. The van der Waals surface area contributed by atoms with E-state index in [1.807, 2.05) is 6.07 Å². The van der Waals surface area contributed by atoms with Crippen molar-refractivity contribution < 1.29 is 14.2 Å². The molecule has 0 unspecified atom stereocenters. The number of ether oxygens (including phenoxy) is 3. The molecule has 2 heterocycles. The van der Waals surface area contributed by atoms with E-state index in [1.54, 1.807) is 21.3 Å². The Morgan fingerprint density at radius 3 is 2.19 bits per heavy atom. The van der Waals surface area contributed by atoms with Gasteiger partial charge in [-0.15, -0.1) is 0 Å². The van der Waals surface area contributed by atoms with Crippen molar-refractivity contribution in [3.05, 3.63) is 17.7 Å². The maximum Gasteiger partial charge on any atom is 0.203 e. The fourth-order valence-electron chi connectivity index (χ4n) is 3.87. The summed E-state index contributed by atoms with van der Waals surface area (Å²) in [5.74, 6) is 3.11. The predicted octanol–water partition coefficient (Wildman–Crippen LogP) is 3.09. The zero-order chi connectivity index (χ0) is 14.8. The Morgan fingerprint density at radius 2 is 1.67 bits per heavy atom. The van der Waals surface area contributed by atoms with Gasteiger partial charge in [0, 0.05) is 24.7 Å². The summed E-state index contributed by atoms with van der Waals surface area (Å²) in [6.07, 6.45) is 5.51. The molecule has 0 atom stereocenters. The van der Waals surface area contributed by atoms with E-state index in [-0.39, 0.29) is 0 Å². The standard InChI is InChI=1S/C17H25NO3/c1-19-15-9-6-13(16(20-2)17(15)21-3)11-18-10-12-4-7-14(18)8-5-12/h6,9,12,14H,4-5,7-8,10-11H2,1-3H3. The van der Waals surface area contributed by atoms with Crippen LogP contribution in [0.3, 0.4) is 0 Å². The minimum absolute atomic E-state index is 0.694. The van der Waals surface area contributed by atoms with Crippen molar-refractivity contribution in [2.75, 3.05) is 27.9 Å². The molecule has 4 heteroatoms. The minimum Gasteiger partial charge on any atom is -0.493 e. The highest BCUT2D eigenvalue weighted by atomic mass is 16.5. The van der Waals surface area contributed by atoms with Crippen molar-refractivity contribution in [3.8, 4) is 17.2 Å². The number of rotatable bonds is 5. The molecule has 0 radical (unpaired) electrons. The van der Waals surface area contributed by atoms with Gasteiger partial charge in [0.1, 0.15) is 0 Å². The summed E-state index contributed by atoms with van der Waals surface area (Å²) in [4.78, 5) is 2.61. The van der Waals surface area contributed by atoms with Crippen LogP contribution in [-0.2, 0) is 6.54 Å². The van der Waals surface area contributed by atoms with Crippen LogP contribution in [0, 0.1) is 5.92 Å². The molecule has 116 valence electrons. The highest BCUT2D eigenvalue weighted by molar-refractivity contribution is 5.55. The highest BCUT2D eigenvalue weighted by Gasteiger charge is 2.34. The molecule has 0 aromatic heterocycles. The number of methoxy groups -OCH3 is 3. The van der Waals surface area contributed by atoms with Crippen molar-refractivity contribution in [2.24, 2.45) is 5.92 Å². The zero-order valence-corrected chi connectivity index (χ0v) is 13.2. The fraction of sp³-hybridized carbons (Fsp3) is 0.647. The quantitative estimate of drug-likeness (QED) is 0.834. The summed E-state index contributed by atoms with van der Waals surface area (Å²) in [6, 6.07) is 4.81. The van der Waals surface area contributed by atoms with Gasteiger partial charge in [0.2, 0.25) is 5.75 Å². The number of hydrogen-bond acceptors (Lipinski definition) is 4. The molecular formula is C17H25NO3. The third-order valence-electron chi connectivity index (χ3n) is 4.98. The molecule has 2 aliphatic heterocycles. The van der Waals surface area contributed by atoms with Crippen LogP contribution in [0.5, 0.6) is 17.2 Å². The summed E-state index contributed by atoms with van der Waals surface area (Å²) in [7, 11) is 5.01. The second-order valence-corrected chi connectivity index (χ2v) is 6.10. The van der Waals surface area contributed by atoms with E-state index in [0.717, 1.165) is 30.0 Å². The monoisotopic (exact) mass is 291 g/mol. The second-order valence-electron chi connectivity index (χ2n) is 6.10. The summed E-state index contributed by atoms with van der Waals surface area (Å²) in [5, 5.41) is 0. The fourth-order valence-corrected chi connectivity index (χ4v) is 3.87. The average molecular weight is 291 g/mol. The van der Waals surface area contributed by atoms with Crippen LogP contribution in [0.15, 0.2) is 12.1 Å². The first kappa shape index (κ1) is 14.5. The number of nitrogens with zero attached hydrogens (tertiary/aromatic N) is 1. The third-order valence-corrected chi connectivity index (χ3v) is 4.98. The van der Waals surface area contributed by atoms with Gasteiger partial charge in [-0.05, 0) is 37.7 Å². The minimum atomic E-state index is 0.694. The number of piperidine rings is 2. The van der Waals surface area contributed by atoms with E-state index in [1.165, 1.54) is 37.8 Å². The molecule has 3 aliphatic rings. The lowest BCUT2D eigenvalue weighted by molar-refractivity contribution is 0.0419. The first-order chi connectivity index (χ1) is 10.3. The normalized spacial score (nSPS) is 24.9. The molecular weight excluding hydrogens is 266 g/mol. The SMILES string of the molecule is COc1ccc(CN2CC3CCC2CC3)c(OC)c1OC. The molecule has 4 nitrogen and oxygen atoms in total. The average Bonchev–Trinajstić information content (AvgIpc) is 2.55. The Balaban J connectivity index is 1.85. The second kappa shape index (κ2) is 6.14. The number of fused-ring (bicyclic) bond motifs is 3. The van der Waals surface area contributed by atoms with Crippen LogP contribution >= 0.6 is 0 Å². The van der Waals surface area contributed by atoms with Crippen molar-refractivity contribution in [2.45, 2.75) is 38.3 Å². The molecule has 1 saturated carbocycles. The van der Waals surface area contributed by atoms with Gasteiger partial charge in [0.05, 0.1) is 21.3 Å². The maximum absolute atomic E-state index is 5.60. The summed E-state index contributed by atoms with van der Waals surface area (Å²) in [6.45, 7) is 2.16. The Hall–Kier alpha value is -1.42. The molecule has 1 aromatic rings. The summed E-state index contributed by atoms with van der Waals surface area (Å²) >= 11 is 0. The topological polar surface area (TPSA) is 30.9 Å². The first-order valence-corrected chi connectivity index (χ1v) is 7.78. The Labute approximate surface area is 127 Å². The van der Waals surface area contributed by atoms with E-state index in [2.05, 4.69) is 11.0 Å². The van der Waals surface area contributed by atoms with Crippen LogP contribution < -0.4 is 14.2 Å². The van der Waals surface area contributed by atoms with E-state index in [4.69, 9.17) is 14.2 Å². The Bertz CT molecular complexity index is 495. The van der Waals surface area contributed by atoms with Crippen LogP contribution in [0.4, 0.5) is 0 Å². The third kappa shape index (κ3) is 2.69. The molecule has 1 aliphatic carbocycles. The van der Waals surface area contributed by atoms with E-state index in [0.29, 0.717) is 5.75 Å². The van der Waals surface area contributed by atoms with Gasteiger partial charge >= 0.3 is 0 Å². The molecule has 4 rings (SSSR count). The van der Waals surface area contributed by atoms with Crippen molar-refractivity contribution >= 4 is 0 Å². The number of hydrogen-bond donors (Lipinski definition) is 0. The van der Waals surface area contributed by atoms with Crippen molar-refractivity contribution in [1.29, 1.82) is 0 Å². The van der Waals surface area contributed by atoms with Gasteiger partial charge in [0.15, 0.2) is 11.5 Å². The van der Waals surface area contributed by atoms with Gasteiger partial charge in [-0.2, -0.15) is 0 Å². The Kier molecular flexibility index (Phi) is 4.24. The molecule has 0 spiro atoms. The molecule has 0 amide bonds. The molecule has 21 heavy (non-hydrogen) atoms. The van der Waals surface area contributed by atoms with E-state index >= 15 is 0 Å². The van der Waals surface area contributed by atoms with Crippen LogP contribution in [-0.4, -0.2) is 38.8 Å². The van der Waals surface area contributed by atoms with E-state index in [9.17, 15) is 0 Å². The van der Waals surface area contributed by atoms with Crippen LogP contribution in [0.25, 0.3) is 0 Å². The lowest BCUT2D eigenvalue weighted by Gasteiger charge is -2.45. The summed E-state index contributed by atoms with van der Waals surface area (Å²) < 4.78 is 16.4. The smallest absolute Gasteiger partial charge is 0.203 e. The predicted molar refractivity (Wildman–Crippen MR) is 82.3 cm³/mol. The molecule has 2 saturated heterocycles. The van der Waals surface area contributed by atoms with Gasteiger partial charge in [-0.3, -0.25) is 4.90 Å². The lowest BCUT2D eigenvalue weighted by atomic mass is 9.80. The van der Waals surface area contributed by atoms with Gasteiger partial charge < -0.3 is 14.2 Å². The first-order valence-electron chi connectivity index (χ1n) is 7.78. The summed E-state index contributed by atoms with van der Waals surface area (Å²) in [5.41, 5.74) is 1.18. The maximum atomic E-state index is 5.60. The van der Waals surface area contributed by atoms with Crippen LogP contribution in [0.2, 0.25) is 0 Å². The van der Waals surface area contributed by atoms with Crippen LogP contribution in [0.1, 0.15) is 31.2 Å². The van der Waals surface area contributed by atoms with Gasteiger partial charge in [0.25, 0.3) is 0 Å². The van der Waals surface area contributed by atoms with Gasteiger partial charge in [-0.1, -0.05) is 6.07 Å². The number of benzene rings is 1. The zero-order valence-electron chi connectivity index (χ0n) is 13.2. The molecule has 2 bridgehead atoms. The van der Waals surface area contributed by atoms with Crippen molar-refractivity contribution in [3.63, 3.8) is 0 Å². The highest BCUT2D eigenvalue weighted by Crippen LogP contribution is 2.42. The van der Waals surface area contributed by atoms with Crippen molar-refractivity contribution in [1.82, 2.24) is 4.90 Å². The molecule has 3 fully saturated rings. The largest absolute Gasteiger partial charge is 0.493 e. The van der Waals surface area contributed by atoms with Gasteiger partial charge in [-0.25, -0.2) is 0 Å². The molecule has 1 aromatic carbocycles. The molecule has 0 N–H and O–H groups in total. The Morgan fingerprint density at radius 1 is 0.952 bits per heavy atom.